The Morgan fingerprint density at radius 1 is 1.06 bits per heavy atom. The van der Waals surface area contributed by atoms with Gasteiger partial charge in [-0.05, 0) is 17.7 Å². The molecule has 3 N–H and O–H groups in total. The molecule has 0 aromatic heterocycles. The van der Waals surface area contributed by atoms with Crippen LogP contribution < -0.4 is 5.73 Å². The first-order chi connectivity index (χ1) is 7.68. The van der Waals surface area contributed by atoms with Gasteiger partial charge in [-0.3, -0.25) is 0 Å². The zero-order valence-electron chi connectivity index (χ0n) is 8.60. The van der Waals surface area contributed by atoms with E-state index >= 15 is 0 Å². The molecule has 2 aromatic rings. The molecule has 0 aliphatic rings. The molecule has 0 amide bonds. The summed E-state index contributed by atoms with van der Waals surface area (Å²) in [5.74, 6) is 0. The van der Waals surface area contributed by atoms with Gasteiger partial charge in [-0.25, -0.2) is 0 Å². The molecule has 0 spiro atoms. The Morgan fingerprint density at radius 2 is 1.75 bits per heavy atom. The smallest absolute Gasteiger partial charge is 0.106 e. The number of benzene rings is 2. The number of rotatable bonds is 2. The normalized spacial score (nSPS) is 12.4. The highest BCUT2D eigenvalue weighted by Crippen LogP contribution is 2.28. The molecule has 1 atom stereocenters. The predicted octanol–water partition coefficient (Wildman–Crippen LogP) is 3.00. The first-order valence-electron chi connectivity index (χ1n) is 4.96. The van der Waals surface area contributed by atoms with Crippen LogP contribution in [0.2, 0.25) is 5.02 Å². The fourth-order valence-corrected chi connectivity index (χ4v) is 1.79. The summed E-state index contributed by atoms with van der Waals surface area (Å²) in [5.41, 5.74) is 7.81. The van der Waals surface area contributed by atoms with E-state index in [9.17, 15) is 5.11 Å². The lowest BCUT2D eigenvalue weighted by Gasteiger charge is -2.13. The van der Waals surface area contributed by atoms with Gasteiger partial charge < -0.3 is 10.8 Å². The van der Waals surface area contributed by atoms with Gasteiger partial charge in [0.1, 0.15) is 6.10 Å². The topological polar surface area (TPSA) is 46.2 Å². The van der Waals surface area contributed by atoms with Crippen LogP contribution in [0, 0.1) is 0 Å². The average molecular weight is 234 g/mol. The summed E-state index contributed by atoms with van der Waals surface area (Å²) in [6.07, 6.45) is -0.710. The highest BCUT2D eigenvalue weighted by Gasteiger charge is 2.12. The van der Waals surface area contributed by atoms with Gasteiger partial charge in [0.05, 0.1) is 0 Å². The van der Waals surface area contributed by atoms with Crippen LogP contribution >= 0.6 is 11.6 Å². The number of nitrogens with two attached hydrogens (primary N) is 1. The van der Waals surface area contributed by atoms with E-state index in [2.05, 4.69) is 0 Å². The van der Waals surface area contributed by atoms with Crippen LogP contribution in [-0.4, -0.2) is 5.11 Å². The van der Waals surface area contributed by atoms with E-state index in [-0.39, 0.29) is 0 Å². The van der Waals surface area contributed by atoms with Crippen LogP contribution in [0.3, 0.4) is 0 Å². The monoisotopic (exact) mass is 233 g/mol. The first-order valence-corrected chi connectivity index (χ1v) is 5.34. The Hall–Kier alpha value is -1.51. The van der Waals surface area contributed by atoms with E-state index in [1.165, 1.54) is 0 Å². The lowest BCUT2D eigenvalue weighted by Crippen LogP contribution is -2.03. The van der Waals surface area contributed by atoms with Gasteiger partial charge in [-0.1, -0.05) is 48.0 Å². The third-order valence-corrected chi connectivity index (χ3v) is 2.69. The molecule has 0 heterocycles. The highest BCUT2D eigenvalue weighted by atomic mass is 35.5. The van der Waals surface area contributed by atoms with Gasteiger partial charge in [0, 0.05) is 16.3 Å². The molecule has 0 radical (unpaired) electrons. The van der Waals surface area contributed by atoms with Gasteiger partial charge in [0.25, 0.3) is 0 Å². The molecule has 0 aliphatic heterocycles. The summed E-state index contributed by atoms with van der Waals surface area (Å²) in [6.45, 7) is 0. The largest absolute Gasteiger partial charge is 0.398 e. The van der Waals surface area contributed by atoms with Gasteiger partial charge in [0.2, 0.25) is 0 Å². The van der Waals surface area contributed by atoms with E-state index in [1.54, 1.807) is 18.2 Å². The minimum Gasteiger partial charge on any atom is -0.398 e. The van der Waals surface area contributed by atoms with E-state index in [0.717, 1.165) is 5.56 Å². The fraction of sp³-hybridized carbons (Fsp3) is 0.0769. The van der Waals surface area contributed by atoms with Crippen molar-refractivity contribution in [2.24, 2.45) is 0 Å². The zero-order chi connectivity index (χ0) is 11.5. The lowest BCUT2D eigenvalue weighted by molar-refractivity contribution is 0.221. The SMILES string of the molecule is Nc1cc(Cl)ccc1[C@H](O)c1ccccc1. The van der Waals surface area contributed by atoms with Crippen molar-refractivity contribution >= 4 is 17.3 Å². The first kappa shape index (κ1) is 11.0. The maximum Gasteiger partial charge on any atom is 0.106 e. The van der Waals surface area contributed by atoms with Crippen molar-refractivity contribution in [2.75, 3.05) is 5.73 Å². The molecule has 16 heavy (non-hydrogen) atoms. The summed E-state index contributed by atoms with van der Waals surface area (Å²) < 4.78 is 0. The number of anilines is 1. The summed E-state index contributed by atoms with van der Waals surface area (Å²) in [6, 6.07) is 14.5. The van der Waals surface area contributed by atoms with Crippen LogP contribution in [0.25, 0.3) is 0 Å². The zero-order valence-corrected chi connectivity index (χ0v) is 9.35. The predicted molar refractivity (Wildman–Crippen MR) is 66.4 cm³/mol. The quantitative estimate of drug-likeness (QED) is 0.784. The molecule has 3 heteroatoms. The van der Waals surface area contributed by atoms with E-state index in [0.29, 0.717) is 16.3 Å². The van der Waals surface area contributed by atoms with Crippen LogP contribution in [0.1, 0.15) is 17.2 Å². The van der Waals surface area contributed by atoms with Crippen LogP contribution in [-0.2, 0) is 0 Å². The highest BCUT2D eigenvalue weighted by molar-refractivity contribution is 6.30. The third-order valence-electron chi connectivity index (χ3n) is 2.46. The van der Waals surface area contributed by atoms with Crippen molar-refractivity contribution in [3.63, 3.8) is 0 Å². The molecular formula is C13H12ClNO. The van der Waals surface area contributed by atoms with Crippen molar-refractivity contribution < 1.29 is 5.11 Å². The van der Waals surface area contributed by atoms with Crippen molar-refractivity contribution in [3.8, 4) is 0 Å². The number of aliphatic hydroxyl groups is 1. The standard InChI is InChI=1S/C13H12ClNO/c14-10-6-7-11(12(15)8-10)13(16)9-4-2-1-3-5-9/h1-8,13,16H,15H2/t13-/m1/s1. The summed E-state index contributed by atoms with van der Waals surface area (Å²) in [7, 11) is 0. The molecule has 2 rings (SSSR count). The molecular weight excluding hydrogens is 222 g/mol. The second kappa shape index (κ2) is 4.56. The summed E-state index contributed by atoms with van der Waals surface area (Å²) in [5, 5.41) is 10.7. The molecule has 0 fully saturated rings. The van der Waals surface area contributed by atoms with Crippen LogP contribution in [0.5, 0.6) is 0 Å². The second-order valence-corrected chi connectivity index (χ2v) is 4.02. The lowest BCUT2D eigenvalue weighted by atomic mass is 10.0. The Kier molecular flexibility index (Phi) is 3.13. The molecule has 0 bridgehead atoms. The fourth-order valence-electron chi connectivity index (χ4n) is 1.61. The van der Waals surface area contributed by atoms with E-state index in [1.807, 2.05) is 30.3 Å². The number of halogens is 1. The maximum absolute atomic E-state index is 10.1. The number of nitrogen functional groups attached to an aromatic ring is 1. The Labute approximate surface area is 99.3 Å². The minimum atomic E-state index is -0.710. The summed E-state index contributed by atoms with van der Waals surface area (Å²) >= 11 is 5.81. The Bertz CT molecular complexity index is 485. The van der Waals surface area contributed by atoms with Gasteiger partial charge >= 0.3 is 0 Å². The average Bonchev–Trinajstić information content (AvgIpc) is 2.29. The van der Waals surface area contributed by atoms with Crippen molar-refractivity contribution in [1.82, 2.24) is 0 Å². The molecule has 0 saturated carbocycles. The molecule has 0 aliphatic carbocycles. The van der Waals surface area contributed by atoms with Crippen LogP contribution in [0.4, 0.5) is 5.69 Å². The Morgan fingerprint density at radius 3 is 2.38 bits per heavy atom. The van der Waals surface area contributed by atoms with Crippen molar-refractivity contribution in [3.05, 3.63) is 64.7 Å². The maximum atomic E-state index is 10.1. The second-order valence-electron chi connectivity index (χ2n) is 3.59. The van der Waals surface area contributed by atoms with E-state index < -0.39 is 6.10 Å². The number of aliphatic hydroxyl groups excluding tert-OH is 1. The van der Waals surface area contributed by atoms with Gasteiger partial charge in [0.15, 0.2) is 0 Å². The number of hydrogen-bond donors (Lipinski definition) is 2. The van der Waals surface area contributed by atoms with Gasteiger partial charge in [-0.2, -0.15) is 0 Å². The third kappa shape index (κ3) is 2.18. The molecule has 0 saturated heterocycles. The van der Waals surface area contributed by atoms with Crippen LogP contribution in [0.15, 0.2) is 48.5 Å². The van der Waals surface area contributed by atoms with Gasteiger partial charge in [-0.15, -0.1) is 0 Å². The Balaban J connectivity index is 2.38. The minimum absolute atomic E-state index is 0.504. The van der Waals surface area contributed by atoms with Crippen molar-refractivity contribution in [1.29, 1.82) is 0 Å². The number of hydrogen-bond acceptors (Lipinski definition) is 2. The molecule has 2 nitrogen and oxygen atoms in total. The molecule has 82 valence electrons. The van der Waals surface area contributed by atoms with Crippen molar-refractivity contribution in [2.45, 2.75) is 6.10 Å². The summed E-state index contributed by atoms with van der Waals surface area (Å²) in [4.78, 5) is 0. The molecule has 2 aromatic carbocycles. The van der Waals surface area contributed by atoms with E-state index in [4.69, 9.17) is 17.3 Å². The molecule has 0 unspecified atom stereocenters.